The molecule has 1 N–H and O–H groups in total. The van der Waals surface area contributed by atoms with E-state index in [2.05, 4.69) is 11.7 Å². The average molecular weight is 346 g/mol. The molecular formula is C18H34O6. The number of esters is 1. The fourth-order valence-corrected chi connectivity index (χ4v) is 2.43. The van der Waals surface area contributed by atoms with E-state index in [0.717, 1.165) is 12.8 Å². The van der Waals surface area contributed by atoms with Crippen LogP contribution in [0, 0.1) is 0 Å². The van der Waals surface area contributed by atoms with Crippen molar-refractivity contribution in [2.75, 3.05) is 20.3 Å². The van der Waals surface area contributed by atoms with Gasteiger partial charge in [0.25, 0.3) is 6.47 Å². The first-order valence-electron chi connectivity index (χ1n) is 9.07. The lowest BCUT2D eigenvalue weighted by atomic mass is 10.1. The second kappa shape index (κ2) is 16.7. The predicted octanol–water partition coefficient (Wildman–Crippen LogP) is 3.00. The van der Waals surface area contributed by atoms with Crippen molar-refractivity contribution in [2.24, 2.45) is 0 Å². The number of hydrogen-bond acceptors (Lipinski definition) is 6. The summed E-state index contributed by atoms with van der Waals surface area (Å²) in [5, 5.41) is 9.99. The quantitative estimate of drug-likeness (QED) is 0.248. The number of carbonyl (C=O) groups excluding carboxylic acids is 2. The zero-order valence-electron chi connectivity index (χ0n) is 15.2. The number of aliphatic hydroxyl groups is 1. The largest absolute Gasteiger partial charge is 0.469 e. The van der Waals surface area contributed by atoms with Crippen LogP contribution in [0.3, 0.4) is 0 Å². The van der Waals surface area contributed by atoms with Crippen LogP contribution in [0.5, 0.6) is 0 Å². The van der Waals surface area contributed by atoms with Gasteiger partial charge in [0.2, 0.25) is 0 Å². The summed E-state index contributed by atoms with van der Waals surface area (Å²) in [6.45, 7) is 3.17. The highest BCUT2D eigenvalue weighted by molar-refractivity contribution is 5.69. The summed E-state index contributed by atoms with van der Waals surface area (Å²) in [6, 6.07) is 0. The summed E-state index contributed by atoms with van der Waals surface area (Å²) in [5.74, 6) is -0.401. The maximum atomic E-state index is 11.1. The Bertz CT molecular complexity index is 308. The van der Waals surface area contributed by atoms with E-state index in [9.17, 15) is 14.7 Å². The molecule has 0 fully saturated rings. The van der Waals surface area contributed by atoms with Crippen molar-refractivity contribution in [3.63, 3.8) is 0 Å². The predicted molar refractivity (Wildman–Crippen MR) is 91.6 cm³/mol. The Morgan fingerprint density at radius 2 is 1.71 bits per heavy atom. The van der Waals surface area contributed by atoms with Crippen molar-refractivity contribution in [3.8, 4) is 0 Å². The van der Waals surface area contributed by atoms with Crippen LogP contribution in [0.2, 0.25) is 0 Å². The normalized spacial score (nSPS) is 13.3. The first kappa shape index (κ1) is 22.9. The Kier molecular flexibility index (Phi) is 15.9. The summed E-state index contributed by atoms with van der Waals surface area (Å²) in [5.41, 5.74) is 0. The number of hydrogen-bond donors (Lipinski definition) is 1. The molecular weight excluding hydrogens is 312 g/mol. The van der Waals surface area contributed by atoms with E-state index in [1.54, 1.807) is 0 Å². The molecule has 0 spiro atoms. The Morgan fingerprint density at radius 1 is 1.08 bits per heavy atom. The third kappa shape index (κ3) is 13.3. The van der Waals surface area contributed by atoms with E-state index in [-0.39, 0.29) is 25.9 Å². The lowest BCUT2D eigenvalue weighted by Gasteiger charge is -2.20. The molecule has 6 nitrogen and oxygen atoms in total. The van der Waals surface area contributed by atoms with Crippen molar-refractivity contribution in [3.05, 3.63) is 0 Å². The van der Waals surface area contributed by atoms with Gasteiger partial charge in [0.15, 0.2) is 0 Å². The zero-order valence-corrected chi connectivity index (χ0v) is 15.2. The molecule has 0 bridgehead atoms. The molecule has 0 rings (SSSR count). The van der Waals surface area contributed by atoms with E-state index < -0.39 is 18.2 Å². The van der Waals surface area contributed by atoms with Crippen LogP contribution in [0.25, 0.3) is 0 Å². The van der Waals surface area contributed by atoms with Gasteiger partial charge in [-0.3, -0.25) is 9.59 Å². The molecule has 0 aromatic carbocycles. The monoisotopic (exact) mass is 346 g/mol. The van der Waals surface area contributed by atoms with Gasteiger partial charge in [0.05, 0.1) is 13.7 Å². The van der Waals surface area contributed by atoms with Crippen LogP contribution in [0.4, 0.5) is 0 Å². The highest BCUT2D eigenvalue weighted by atomic mass is 16.5. The number of rotatable bonds is 17. The average Bonchev–Trinajstić information content (AvgIpc) is 2.59. The summed E-state index contributed by atoms with van der Waals surface area (Å²) >= 11 is 0. The van der Waals surface area contributed by atoms with Crippen LogP contribution in [0.15, 0.2) is 0 Å². The molecule has 0 aliphatic carbocycles. The number of methoxy groups -OCH3 is 1. The number of unbranched alkanes of at least 4 members (excludes halogenated alkanes) is 7. The molecule has 0 heterocycles. The van der Waals surface area contributed by atoms with E-state index in [1.165, 1.54) is 45.6 Å². The maximum absolute atomic E-state index is 11.1. The van der Waals surface area contributed by atoms with Crippen LogP contribution < -0.4 is 0 Å². The maximum Gasteiger partial charge on any atom is 0.305 e. The fraction of sp³-hybridized carbons (Fsp3) is 0.889. The second-order valence-corrected chi connectivity index (χ2v) is 6.00. The molecule has 0 saturated heterocycles. The topological polar surface area (TPSA) is 82.1 Å². The molecule has 24 heavy (non-hydrogen) atoms. The third-order valence-electron chi connectivity index (χ3n) is 3.95. The molecule has 0 aliphatic rings. The van der Waals surface area contributed by atoms with Crippen molar-refractivity contribution in [2.45, 2.75) is 83.3 Å². The van der Waals surface area contributed by atoms with Gasteiger partial charge >= 0.3 is 5.97 Å². The summed E-state index contributed by atoms with van der Waals surface area (Å²) in [4.78, 5) is 21.6. The summed E-state index contributed by atoms with van der Waals surface area (Å²) in [7, 11) is 1.29. The molecule has 0 aliphatic heterocycles. The molecule has 0 aromatic rings. The molecule has 142 valence electrons. The van der Waals surface area contributed by atoms with Gasteiger partial charge in [-0.2, -0.15) is 0 Å². The van der Waals surface area contributed by atoms with Crippen LogP contribution in [-0.4, -0.2) is 50.1 Å². The van der Waals surface area contributed by atoms with Crippen molar-refractivity contribution in [1.82, 2.24) is 0 Å². The van der Waals surface area contributed by atoms with Gasteiger partial charge in [-0.1, -0.05) is 51.9 Å². The highest BCUT2D eigenvalue weighted by Crippen LogP contribution is 2.10. The first-order chi connectivity index (χ1) is 11.7. The van der Waals surface area contributed by atoms with Crippen LogP contribution in [0.1, 0.15) is 71.1 Å². The van der Waals surface area contributed by atoms with E-state index in [0.29, 0.717) is 6.61 Å². The number of aliphatic hydroxyl groups excluding tert-OH is 1. The Morgan fingerprint density at radius 3 is 2.29 bits per heavy atom. The number of ether oxygens (including phenoxy) is 3. The molecule has 0 aromatic heterocycles. The van der Waals surface area contributed by atoms with Crippen molar-refractivity contribution in [1.29, 1.82) is 0 Å². The van der Waals surface area contributed by atoms with E-state index in [4.69, 9.17) is 9.47 Å². The highest BCUT2D eigenvalue weighted by Gasteiger charge is 2.22. The van der Waals surface area contributed by atoms with Gasteiger partial charge in [0, 0.05) is 13.0 Å². The van der Waals surface area contributed by atoms with Gasteiger partial charge in [-0.05, 0) is 12.8 Å². The fourth-order valence-electron chi connectivity index (χ4n) is 2.43. The minimum atomic E-state index is -0.936. The standard InChI is InChI=1S/C18H34O6/c1-3-4-5-6-7-8-9-10-13-23-14-16(20)17(24-15-19)11-12-18(21)22-2/h15-17,20H,3-14H2,1-2H3/t16-,17-/m1/s1. The second-order valence-electron chi connectivity index (χ2n) is 6.00. The van der Waals surface area contributed by atoms with Gasteiger partial charge in [-0.25, -0.2) is 0 Å². The Hall–Kier alpha value is -1.14. The zero-order chi connectivity index (χ0) is 18.0. The van der Waals surface area contributed by atoms with Gasteiger partial charge < -0.3 is 19.3 Å². The molecule has 0 radical (unpaired) electrons. The number of carbonyl (C=O) groups is 2. The molecule has 0 unspecified atom stereocenters. The Balaban J connectivity index is 3.67. The van der Waals surface area contributed by atoms with Crippen molar-refractivity contribution >= 4 is 12.4 Å². The molecule has 6 heteroatoms. The smallest absolute Gasteiger partial charge is 0.305 e. The summed E-state index contributed by atoms with van der Waals surface area (Å²) in [6.07, 6.45) is 8.40. The van der Waals surface area contributed by atoms with Gasteiger partial charge in [0.1, 0.15) is 12.2 Å². The minimum Gasteiger partial charge on any atom is -0.469 e. The molecule has 0 amide bonds. The Labute approximate surface area is 145 Å². The van der Waals surface area contributed by atoms with Gasteiger partial charge in [-0.15, -0.1) is 0 Å². The molecule has 0 saturated carbocycles. The first-order valence-corrected chi connectivity index (χ1v) is 9.07. The van der Waals surface area contributed by atoms with E-state index >= 15 is 0 Å². The lowest BCUT2D eigenvalue weighted by molar-refractivity contribution is -0.148. The summed E-state index contributed by atoms with van der Waals surface area (Å²) < 4.78 is 14.8. The third-order valence-corrected chi connectivity index (χ3v) is 3.95. The van der Waals surface area contributed by atoms with E-state index in [1.807, 2.05) is 0 Å². The minimum absolute atomic E-state index is 0.0874. The lowest BCUT2D eigenvalue weighted by Crippen LogP contribution is -2.33. The van der Waals surface area contributed by atoms with Crippen molar-refractivity contribution < 1.29 is 28.9 Å². The SMILES string of the molecule is CCCCCCCCCCOC[C@@H](O)[C@@H](CCC(=O)OC)OC=O. The van der Waals surface area contributed by atoms with Crippen LogP contribution >= 0.6 is 0 Å². The molecule has 2 atom stereocenters. The van der Waals surface area contributed by atoms with Crippen LogP contribution in [-0.2, 0) is 23.8 Å².